The first-order valence-corrected chi connectivity index (χ1v) is 5.00. The molecule has 4 nitrogen and oxygen atoms in total. The maximum absolute atomic E-state index is 13.3. The summed E-state index contributed by atoms with van der Waals surface area (Å²) in [5.41, 5.74) is 0.282. The lowest BCUT2D eigenvalue weighted by Gasteiger charge is -2.04. The normalized spacial score (nSPS) is 10.1. The molecule has 1 aromatic carbocycles. The van der Waals surface area contributed by atoms with Crippen LogP contribution in [0.2, 0.25) is 0 Å². The van der Waals surface area contributed by atoms with Gasteiger partial charge in [0.25, 0.3) is 5.91 Å². The van der Waals surface area contributed by atoms with Gasteiger partial charge in [-0.25, -0.2) is 8.78 Å². The second-order valence-electron chi connectivity index (χ2n) is 3.54. The van der Waals surface area contributed by atoms with E-state index in [9.17, 15) is 18.4 Å². The van der Waals surface area contributed by atoms with Crippen LogP contribution >= 0.6 is 0 Å². The topological polar surface area (TPSA) is 62.0 Å². The molecule has 18 heavy (non-hydrogen) atoms. The van der Waals surface area contributed by atoms with Gasteiger partial charge in [0.05, 0.1) is 5.69 Å². The van der Waals surface area contributed by atoms with E-state index in [0.717, 1.165) is 12.1 Å². The lowest BCUT2D eigenvalue weighted by molar-refractivity contribution is 0.102. The average molecular weight is 250 g/mol. The van der Waals surface area contributed by atoms with Crippen molar-refractivity contribution < 1.29 is 18.4 Å². The van der Waals surface area contributed by atoms with Crippen molar-refractivity contribution in [1.29, 1.82) is 0 Å². The van der Waals surface area contributed by atoms with E-state index in [1.165, 1.54) is 12.3 Å². The molecule has 0 saturated carbocycles. The van der Waals surface area contributed by atoms with Crippen LogP contribution in [0.3, 0.4) is 0 Å². The Hall–Kier alpha value is -2.50. The van der Waals surface area contributed by atoms with E-state index in [1.807, 2.05) is 0 Å². The molecule has 1 amide bonds. The van der Waals surface area contributed by atoms with Crippen LogP contribution in [0.1, 0.15) is 20.8 Å². The number of benzene rings is 1. The zero-order chi connectivity index (χ0) is 13.1. The number of aromatic nitrogens is 1. The van der Waals surface area contributed by atoms with Crippen LogP contribution in [-0.2, 0) is 0 Å². The maximum atomic E-state index is 13.3. The van der Waals surface area contributed by atoms with Crippen LogP contribution < -0.4 is 5.32 Å². The van der Waals surface area contributed by atoms with Crippen molar-refractivity contribution in [3.8, 4) is 0 Å². The minimum absolute atomic E-state index is 0.112. The van der Waals surface area contributed by atoms with E-state index in [1.54, 1.807) is 0 Å². The Kier molecular flexibility index (Phi) is 3.18. The fourth-order valence-corrected chi connectivity index (χ4v) is 1.39. The molecule has 0 saturated heterocycles. The molecule has 0 atom stereocenters. The number of hydrogen-bond acceptors (Lipinski definition) is 2. The lowest BCUT2D eigenvalue weighted by atomic mass is 10.2. The third-order valence-corrected chi connectivity index (χ3v) is 2.27. The molecule has 1 heterocycles. The molecular formula is C12H8F2N2O2. The molecular weight excluding hydrogens is 242 g/mol. The van der Waals surface area contributed by atoms with Crippen LogP contribution in [0.15, 0.2) is 30.5 Å². The second-order valence-corrected chi connectivity index (χ2v) is 3.54. The standard InChI is InChI=1S/C12H8F2N2O2/c13-8-1-2-10(9(14)4-8)16-12(18)11-3-7(6-17)5-15-11/h1-6,15H,(H,16,18). The van der Waals surface area contributed by atoms with Gasteiger partial charge in [0.15, 0.2) is 6.29 Å². The Morgan fingerprint density at radius 1 is 1.28 bits per heavy atom. The number of halogens is 2. The number of nitrogens with one attached hydrogen (secondary N) is 2. The largest absolute Gasteiger partial charge is 0.356 e. The average Bonchev–Trinajstić information content (AvgIpc) is 2.81. The van der Waals surface area contributed by atoms with Crippen LogP contribution in [0.5, 0.6) is 0 Å². The van der Waals surface area contributed by atoms with E-state index >= 15 is 0 Å². The van der Waals surface area contributed by atoms with Gasteiger partial charge in [-0.15, -0.1) is 0 Å². The third kappa shape index (κ3) is 2.42. The van der Waals surface area contributed by atoms with Gasteiger partial charge >= 0.3 is 0 Å². The Morgan fingerprint density at radius 3 is 2.67 bits per heavy atom. The summed E-state index contributed by atoms with van der Waals surface area (Å²) in [4.78, 5) is 24.7. The predicted octanol–water partition coefficient (Wildman–Crippen LogP) is 2.36. The Labute approximate surface area is 101 Å². The number of hydrogen-bond donors (Lipinski definition) is 2. The van der Waals surface area contributed by atoms with Crippen molar-refractivity contribution in [2.75, 3.05) is 5.32 Å². The number of carbonyl (C=O) groups excluding carboxylic acids is 2. The minimum Gasteiger partial charge on any atom is -0.356 e. The molecule has 2 rings (SSSR count). The summed E-state index contributed by atoms with van der Waals surface area (Å²) in [6, 6.07) is 4.14. The van der Waals surface area contributed by atoms with E-state index in [0.29, 0.717) is 17.9 Å². The van der Waals surface area contributed by atoms with Gasteiger partial charge < -0.3 is 10.3 Å². The van der Waals surface area contributed by atoms with Gasteiger partial charge in [-0.1, -0.05) is 0 Å². The quantitative estimate of drug-likeness (QED) is 0.821. The van der Waals surface area contributed by atoms with E-state index < -0.39 is 17.5 Å². The van der Waals surface area contributed by atoms with Crippen LogP contribution in [0.4, 0.5) is 14.5 Å². The fourth-order valence-electron chi connectivity index (χ4n) is 1.39. The highest BCUT2D eigenvalue weighted by molar-refractivity contribution is 6.03. The van der Waals surface area contributed by atoms with Gasteiger partial charge in [-0.05, 0) is 18.2 Å². The fraction of sp³-hybridized carbons (Fsp3) is 0. The molecule has 0 aliphatic carbocycles. The molecule has 0 aliphatic rings. The third-order valence-electron chi connectivity index (χ3n) is 2.27. The summed E-state index contributed by atoms with van der Waals surface area (Å²) < 4.78 is 25.9. The molecule has 0 fully saturated rings. The number of rotatable bonds is 3. The van der Waals surface area contributed by atoms with Crippen molar-refractivity contribution >= 4 is 17.9 Å². The van der Waals surface area contributed by atoms with Crippen molar-refractivity contribution in [2.24, 2.45) is 0 Å². The molecule has 2 N–H and O–H groups in total. The highest BCUT2D eigenvalue weighted by Gasteiger charge is 2.11. The number of aldehydes is 1. The zero-order valence-electron chi connectivity index (χ0n) is 9.04. The molecule has 1 aromatic heterocycles. The van der Waals surface area contributed by atoms with E-state index in [2.05, 4.69) is 10.3 Å². The number of carbonyl (C=O) groups is 2. The van der Waals surface area contributed by atoms with Crippen LogP contribution in [0, 0.1) is 11.6 Å². The summed E-state index contributed by atoms with van der Waals surface area (Å²) in [5, 5.41) is 2.26. The highest BCUT2D eigenvalue weighted by Crippen LogP contribution is 2.16. The maximum Gasteiger partial charge on any atom is 0.272 e. The summed E-state index contributed by atoms with van der Waals surface area (Å²) in [5.74, 6) is -2.22. The Morgan fingerprint density at radius 2 is 2.06 bits per heavy atom. The Balaban J connectivity index is 2.18. The van der Waals surface area contributed by atoms with Crippen molar-refractivity contribution in [2.45, 2.75) is 0 Å². The summed E-state index contributed by atoms with van der Waals surface area (Å²) in [6.45, 7) is 0. The summed E-state index contributed by atoms with van der Waals surface area (Å²) >= 11 is 0. The number of aromatic amines is 1. The number of amides is 1. The number of anilines is 1. The first-order chi connectivity index (χ1) is 8.60. The van der Waals surface area contributed by atoms with Gasteiger partial charge in [0, 0.05) is 17.8 Å². The minimum atomic E-state index is -0.870. The van der Waals surface area contributed by atoms with Gasteiger partial charge in [0.1, 0.15) is 17.3 Å². The smallest absolute Gasteiger partial charge is 0.272 e. The van der Waals surface area contributed by atoms with Crippen LogP contribution in [0.25, 0.3) is 0 Å². The molecule has 0 aliphatic heterocycles. The van der Waals surface area contributed by atoms with E-state index in [4.69, 9.17) is 0 Å². The van der Waals surface area contributed by atoms with E-state index in [-0.39, 0.29) is 11.4 Å². The molecule has 0 spiro atoms. The Bertz CT molecular complexity index is 608. The highest BCUT2D eigenvalue weighted by atomic mass is 19.1. The molecule has 0 unspecified atom stereocenters. The summed E-state index contributed by atoms with van der Waals surface area (Å²) in [7, 11) is 0. The predicted molar refractivity (Wildman–Crippen MR) is 60.5 cm³/mol. The zero-order valence-corrected chi connectivity index (χ0v) is 9.04. The molecule has 2 aromatic rings. The lowest BCUT2D eigenvalue weighted by Crippen LogP contribution is -2.13. The monoisotopic (exact) mass is 250 g/mol. The first-order valence-electron chi connectivity index (χ1n) is 5.00. The second kappa shape index (κ2) is 4.79. The van der Waals surface area contributed by atoms with Crippen molar-refractivity contribution in [3.05, 3.63) is 53.4 Å². The van der Waals surface area contributed by atoms with Gasteiger partial charge in [-0.3, -0.25) is 9.59 Å². The van der Waals surface area contributed by atoms with Crippen LogP contribution in [-0.4, -0.2) is 17.2 Å². The van der Waals surface area contributed by atoms with Gasteiger partial charge in [0.2, 0.25) is 0 Å². The molecule has 0 bridgehead atoms. The van der Waals surface area contributed by atoms with Crippen molar-refractivity contribution in [1.82, 2.24) is 4.98 Å². The SMILES string of the molecule is O=Cc1c[nH]c(C(=O)Nc2ccc(F)cc2F)c1. The number of H-pyrrole nitrogens is 1. The molecule has 0 radical (unpaired) electrons. The summed E-state index contributed by atoms with van der Waals surface area (Å²) in [6.07, 6.45) is 1.93. The van der Waals surface area contributed by atoms with Crippen molar-refractivity contribution in [3.63, 3.8) is 0 Å². The first kappa shape index (κ1) is 12.0. The molecule has 92 valence electrons. The van der Waals surface area contributed by atoms with Gasteiger partial charge in [-0.2, -0.15) is 0 Å². The molecule has 6 heteroatoms.